The van der Waals surface area contributed by atoms with Gasteiger partial charge in [-0.2, -0.15) is 0 Å². The number of rotatable bonds is 3. The van der Waals surface area contributed by atoms with Crippen molar-refractivity contribution < 1.29 is 13.2 Å². The van der Waals surface area contributed by atoms with Crippen molar-refractivity contribution >= 4 is 9.84 Å². The molecule has 4 heteroatoms. The molecular formula is C10H10O3S. The van der Waals surface area contributed by atoms with Gasteiger partial charge in [0.25, 0.3) is 0 Å². The Morgan fingerprint density at radius 2 is 1.93 bits per heavy atom. The molecular weight excluding hydrogens is 200 g/mol. The number of sulfone groups is 1. The van der Waals surface area contributed by atoms with Gasteiger partial charge in [0, 0.05) is 5.41 Å². The number of ether oxygens (including phenoxy) is 1. The van der Waals surface area contributed by atoms with Crippen molar-refractivity contribution in [2.75, 3.05) is 6.61 Å². The molecule has 0 aromatic heterocycles. The molecule has 74 valence electrons. The predicted octanol–water partition coefficient (Wildman–Crippen LogP) is 1.37. The van der Waals surface area contributed by atoms with Gasteiger partial charge in [0.2, 0.25) is 0 Å². The van der Waals surface area contributed by atoms with E-state index in [-0.39, 0.29) is 6.10 Å². The van der Waals surface area contributed by atoms with Crippen LogP contribution < -0.4 is 0 Å². The zero-order valence-corrected chi connectivity index (χ0v) is 8.28. The lowest BCUT2D eigenvalue weighted by Crippen LogP contribution is -1.96. The number of hydrogen-bond acceptors (Lipinski definition) is 3. The van der Waals surface area contributed by atoms with Crippen LogP contribution in [0, 0.1) is 0 Å². The highest BCUT2D eigenvalue weighted by Crippen LogP contribution is 2.15. The molecule has 3 nitrogen and oxygen atoms in total. The van der Waals surface area contributed by atoms with Crippen LogP contribution in [0.4, 0.5) is 0 Å². The molecule has 0 radical (unpaired) electrons. The maximum atomic E-state index is 11.6. The van der Waals surface area contributed by atoms with Crippen LogP contribution in [0.1, 0.15) is 0 Å². The molecule has 1 saturated heterocycles. The minimum Gasteiger partial charge on any atom is -0.369 e. The zero-order valence-electron chi connectivity index (χ0n) is 7.46. The van der Waals surface area contributed by atoms with Gasteiger partial charge < -0.3 is 4.74 Å². The molecule has 1 heterocycles. The fraction of sp³-hybridized carbons (Fsp3) is 0.200. The summed E-state index contributed by atoms with van der Waals surface area (Å²) >= 11 is 0. The van der Waals surface area contributed by atoms with Gasteiger partial charge in [-0.25, -0.2) is 8.42 Å². The van der Waals surface area contributed by atoms with Crippen molar-refractivity contribution in [2.45, 2.75) is 11.0 Å². The minimum absolute atomic E-state index is 0.00603. The van der Waals surface area contributed by atoms with E-state index in [1.54, 1.807) is 36.4 Å². The molecule has 1 aromatic rings. The highest BCUT2D eigenvalue weighted by Gasteiger charge is 2.20. The van der Waals surface area contributed by atoms with Crippen molar-refractivity contribution in [3.63, 3.8) is 0 Å². The summed E-state index contributed by atoms with van der Waals surface area (Å²) in [5.74, 6) is 0. The van der Waals surface area contributed by atoms with Gasteiger partial charge in [-0.1, -0.05) is 18.2 Å². The largest absolute Gasteiger partial charge is 0.369 e. The van der Waals surface area contributed by atoms with Gasteiger partial charge in [-0.3, -0.25) is 0 Å². The summed E-state index contributed by atoms with van der Waals surface area (Å²) in [6, 6.07) is 8.34. The van der Waals surface area contributed by atoms with Crippen molar-refractivity contribution in [3.8, 4) is 0 Å². The smallest absolute Gasteiger partial charge is 0.199 e. The summed E-state index contributed by atoms with van der Waals surface area (Å²) in [4.78, 5) is 0.317. The number of hydrogen-bond donors (Lipinski definition) is 0. The monoisotopic (exact) mass is 210 g/mol. The second kappa shape index (κ2) is 3.55. The van der Waals surface area contributed by atoms with Crippen LogP contribution in [0.2, 0.25) is 0 Å². The van der Waals surface area contributed by atoms with E-state index in [0.29, 0.717) is 11.5 Å². The van der Waals surface area contributed by atoms with Crippen LogP contribution in [0.5, 0.6) is 0 Å². The fourth-order valence-corrected chi connectivity index (χ4v) is 2.12. The van der Waals surface area contributed by atoms with Crippen LogP contribution in [0.3, 0.4) is 0 Å². The maximum Gasteiger partial charge on any atom is 0.199 e. The van der Waals surface area contributed by atoms with E-state index in [4.69, 9.17) is 4.74 Å². The third kappa shape index (κ3) is 2.21. The molecule has 2 rings (SSSR count). The lowest BCUT2D eigenvalue weighted by atomic mass is 10.4. The highest BCUT2D eigenvalue weighted by molar-refractivity contribution is 7.94. The van der Waals surface area contributed by atoms with E-state index in [0.717, 1.165) is 0 Å². The molecule has 14 heavy (non-hydrogen) atoms. The van der Waals surface area contributed by atoms with Crippen molar-refractivity contribution in [2.24, 2.45) is 0 Å². The average molecular weight is 210 g/mol. The van der Waals surface area contributed by atoms with Gasteiger partial charge >= 0.3 is 0 Å². The molecule has 1 aromatic carbocycles. The summed E-state index contributed by atoms with van der Waals surface area (Å²) in [7, 11) is -3.28. The van der Waals surface area contributed by atoms with E-state index in [9.17, 15) is 8.42 Å². The van der Waals surface area contributed by atoms with E-state index in [1.165, 1.54) is 5.41 Å². The second-order valence-electron chi connectivity index (χ2n) is 3.06. The van der Waals surface area contributed by atoms with Crippen LogP contribution in [0.25, 0.3) is 0 Å². The van der Waals surface area contributed by atoms with E-state index in [2.05, 4.69) is 0 Å². The van der Waals surface area contributed by atoms with Gasteiger partial charge in [0.15, 0.2) is 9.84 Å². The second-order valence-corrected chi connectivity index (χ2v) is 4.89. The van der Waals surface area contributed by atoms with E-state index < -0.39 is 9.84 Å². The molecule has 1 fully saturated rings. The Labute approximate surface area is 82.9 Å². The Morgan fingerprint density at radius 3 is 2.50 bits per heavy atom. The van der Waals surface area contributed by atoms with Gasteiger partial charge in [0.1, 0.15) is 6.10 Å². The Morgan fingerprint density at radius 1 is 1.29 bits per heavy atom. The number of epoxide rings is 1. The van der Waals surface area contributed by atoms with Gasteiger partial charge in [-0.15, -0.1) is 0 Å². The predicted molar refractivity (Wildman–Crippen MR) is 52.5 cm³/mol. The molecule has 1 atom stereocenters. The summed E-state index contributed by atoms with van der Waals surface area (Å²) in [5, 5.41) is 1.21. The van der Waals surface area contributed by atoms with E-state index in [1.807, 2.05) is 0 Å². The van der Waals surface area contributed by atoms with E-state index >= 15 is 0 Å². The van der Waals surface area contributed by atoms with Crippen LogP contribution >= 0.6 is 0 Å². The summed E-state index contributed by atoms with van der Waals surface area (Å²) < 4.78 is 28.1. The molecule has 0 bridgehead atoms. The first kappa shape index (κ1) is 9.43. The van der Waals surface area contributed by atoms with Crippen LogP contribution in [0.15, 0.2) is 46.7 Å². The molecule has 1 aliphatic heterocycles. The molecule has 0 spiro atoms. The van der Waals surface area contributed by atoms with Crippen molar-refractivity contribution in [3.05, 3.63) is 41.8 Å². The summed E-state index contributed by atoms with van der Waals surface area (Å²) in [6.45, 7) is 0.626. The molecule has 1 aliphatic rings. The molecule has 0 N–H and O–H groups in total. The molecule has 1 unspecified atom stereocenters. The normalized spacial score (nSPS) is 21.3. The lowest BCUT2D eigenvalue weighted by Gasteiger charge is -1.96. The SMILES string of the molecule is O=S(=O)(/C=C/C1CO1)c1ccccc1. The van der Waals surface area contributed by atoms with Crippen molar-refractivity contribution in [1.82, 2.24) is 0 Å². The van der Waals surface area contributed by atoms with Crippen molar-refractivity contribution in [1.29, 1.82) is 0 Å². The fourth-order valence-electron chi connectivity index (χ4n) is 1.05. The number of benzene rings is 1. The topological polar surface area (TPSA) is 46.7 Å². The quantitative estimate of drug-likeness (QED) is 0.708. The first-order valence-corrected chi connectivity index (χ1v) is 5.83. The Hall–Kier alpha value is -1.13. The standard InChI is InChI=1S/C10H10O3S/c11-14(12,7-6-9-8-13-9)10-4-2-1-3-5-10/h1-7,9H,8H2/b7-6+. The first-order valence-electron chi connectivity index (χ1n) is 4.28. The Balaban J connectivity index is 2.23. The van der Waals surface area contributed by atoms with Gasteiger partial charge in [0.05, 0.1) is 11.5 Å². The lowest BCUT2D eigenvalue weighted by molar-refractivity contribution is 0.440. The van der Waals surface area contributed by atoms with Gasteiger partial charge in [-0.05, 0) is 18.2 Å². The third-order valence-electron chi connectivity index (χ3n) is 1.90. The van der Waals surface area contributed by atoms with Crippen LogP contribution in [-0.2, 0) is 14.6 Å². The zero-order chi connectivity index (χ0) is 10.0. The molecule has 0 aliphatic carbocycles. The Kier molecular flexibility index (Phi) is 2.39. The third-order valence-corrected chi connectivity index (χ3v) is 3.35. The maximum absolute atomic E-state index is 11.6. The summed E-state index contributed by atoms with van der Waals surface area (Å²) in [6.07, 6.45) is 1.57. The molecule has 0 saturated carbocycles. The Bertz CT molecular complexity index is 430. The minimum atomic E-state index is -3.28. The summed E-state index contributed by atoms with van der Waals surface area (Å²) in [5.41, 5.74) is 0. The molecule has 0 amide bonds. The van der Waals surface area contributed by atoms with Crippen LogP contribution in [-0.4, -0.2) is 21.1 Å². The highest BCUT2D eigenvalue weighted by atomic mass is 32.2. The first-order chi connectivity index (χ1) is 6.68. The average Bonchev–Trinajstić information content (AvgIpc) is 3.00.